The summed E-state index contributed by atoms with van der Waals surface area (Å²) in [5, 5.41) is 22.3. The molecule has 2 heterocycles. The van der Waals surface area contributed by atoms with Crippen LogP contribution in [0.15, 0.2) is 18.3 Å². The first-order valence-electron chi connectivity index (χ1n) is 16.1. The standard InChI is InChI=1S/C31H54N5O5/c1-3-28(2)33-22-24-34(25-23-33)30-20-19-29(27-32-30)31(37)35(38)21-17-15-13-11-9-7-5-4-6-8-10-12-14-16-18-26-41-36(39)40/h19-20,27-28H,3-18,21-26H2,1-2H3/q-1. The summed E-state index contributed by atoms with van der Waals surface area (Å²) in [4.78, 5) is 36.1. The molecule has 10 heteroatoms. The second kappa shape index (κ2) is 21.3. The maximum atomic E-state index is 12.5. The Kier molecular flexibility index (Phi) is 18.0. The number of piperazine rings is 1. The Bertz CT molecular complexity index is 833. The van der Waals surface area contributed by atoms with Gasteiger partial charge in [-0.15, -0.1) is 10.1 Å². The van der Waals surface area contributed by atoms with Crippen molar-refractivity contribution in [1.29, 1.82) is 0 Å². The molecule has 0 saturated carbocycles. The van der Waals surface area contributed by atoms with Crippen LogP contribution in [0.3, 0.4) is 0 Å². The first-order chi connectivity index (χ1) is 19.9. The van der Waals surface area contributed by atoms with E-state index >= 15 is 0 Å². The minimum Gasteiger partial charge on any atom is -0.756 e. The number of carbonyl (C=O) groups is 1. The SMILES string of the molecule is CCC(C)N1CCN(c2ccc(C(=O)N([O-])CCCCCCCCCCCCCCCCCO[N+](=O)[O-])cn2)CC1. The molecule has 10 nitrogen and oxygen atoms in total. The Morgan fingerprint density at radius 1 is 0.902 bits per heavy atom. The van der Waals surface area contributed by atoms with Crippen LogP contribution in [0, 0.1) is 15.3 Å². The van der Waals surface area contributed by atoms with E-state index in [4.69, 9.17) is 0 Å². The van der Waals surface area contributed by atoms with Gasteiger partial charge >= 0.3 is 0 Å². The van der Waals surface area contributed by atoms with Gasteiger partial charge in [-0.25, -0.2) is 4.98 Å². The zero-order chi connectivity index (χ0) is 29.7. The third kappa shape index (κ3) is 14.8. The summed E-state index contributed by atoms with van der Waals surface area (Å²) in [7, 11) is 0. The van der Waals surface area contributed by atoms with Crippen molar-refractivity contribution in [2.24, 2.45) is 0 Å². The number of aromatic nitrogens is 1. The van der Waals surface area contributed by atoms with Gasteiger partial charge in [-0.2, -0.15) is 0 Å². The Balaban J connectivity index is 1.42. The topological polar surface area (TPSA) is 115 Å². The van der Waals surface area contributed by atoms with Gasteiger partial charge in [0.05, 0.1) is 12.2 Å². The number of hydroxylamine groups is 2. The van der Waals surface area contributed by atoms with Crippen molar-refractivity contribution in [3.63, 3.8) is 0 Å². The lowest BCUT2D eigenvalue weighted by Gasteiger charge is -2.38. The molecule has 1 atom stereocenters. The first kappa shape index (κ1) is 34.7. The number of amides is 1. The molecule has 0 aliphatic carbocycles. The van der Waals surface area contributed by atoms with Crippen LogP contribution >= 0.6 is 0 Å². The molecule has 41 heavy (non-hydrogen) atoms. The number of nitrogens with zero attached hydrogens (tertiary/aromatic N) is 5. The quantitative estimate of drug-likeness (QED) is 0.0777. The van der Waals surface area contributed by atoms with E-state index in [1.54, 1.807) is 12.3 Å². The van der Waals surface area contributed by atoms with Crippen molar-refractivity contribution in [3.05, 3.63) is 39.2 Å². The first-order valence-corrected chi connectivity index (χ1v) is 16.1. The number of pyridine rings is 1. The Hall–Kier alpha value is -2.46. The van der Waals surface area contributed by atoms with E-state index < -0.39 is 11.0 Å². The third-order valence-corrected chi connectivity index (χ3v) is 8.28. The summed E-state index contributed by atoms with van der Waals surface area (Å²) in [5.74, 6) is 0.378. The van der Waals surface area contributed by atoms with Gasteiger partial charge in [-0.3, -0.25) is 9.69 Å². The number of hydrogen-bond acceptors (Lipinski definition) is 8. The van der Waals surface area contributed by atoms with E-state index in [1.807, 2.05) is 6.07 Å². The van der Waals surface area contributed by atoms with Crippen LogP contribution in [0.5, 0.6) is 0 Å². The normalized spacial score (nSPS) is 14.7. The van der Waals surface area contributed by atoms with Crippen LogP contribution in [0.2, 0.25) is 0 Å². The molecule has 0 spiro atoms. The Morgan fingerprint density at radius 3 is 1.88 bits per heavy atom. The smallest absolute Gasteiger partial charge is 0.294 e. The number of carbonyl (C=O) groups excluding carboxylic acids is 1. The maximum absolute atomic E-state index is 12.5. The lowest BCUT2D eigenvalue weighted by molar-refractivity contribution is -0.757. The fourth-order valence-electron chi connectivity index (χ4n) is 5.39. The average Bonchev–Trinajstić information content (AvgIpc) is 2.99. The lowest BCUT2D eigenvalue weighted by Crippen LogP contribution is -2.49. The number of hydrogen-bond donors (Lipinski definition) is 0. The molecular weight excluding hydrogens is 522 g/mol. The zero-order valence-electron chi connectivity index (χ0n) is 25.6. The molecule has 0 aromatic carbocycles. The van der Waals surface area contributed by atoms with Crippen LogP contribution in [-0.2, 0) is 4.84 Å². The van der Waals surface area contributed by atoms with Crippen LogP contribution in [0.1, 0.15) is 127 Å². The van der Waals surface area contributed by atoms with Crippen molar-refractivity contribution in [2.45, 2.75) is 123 Å². The molecule has 2 rings (SSSR count). The van der Waals surface area contributed by atoms with Crippen LogP contribution in [-0.4, -0.2) is 71.3 Å². The third-order valence-electron chi connectivity index (χ3n) is 8.28. The van der Waals surface area contributed by atoms with Crippen molar-refractivity contribution in [1.82, 2.24) is 14.9 Å². The Morgan fingerprint density at radius 2 is 1.41 bits per heavy atom. The molecule has 1 amide bonds. The highest BCUT2D eigenvalue weighted by Crippen LogP contribution is 2.18. The highest BCUT2D eigenvalue weighted by atomic mass is 16.9. The van der Waals surface area contributed by atoms with Gasteiger partial charge < -0.3 is 20.0 Å². The van der Waals surface area contributed by atoms with Crippen molar-refractivity contribution < 1.29 is 14.7 Å². The van der Waals surface area contributed by atoms with Crippen LogP contribution in [0.25, 0.3) is 0 Å². The number of unbranched alkanes of at least 4 members (excludes halogenated alkanes) is 14. The second-order valence-corrected chi connectivity index (χ2v) is 11.5. The summed E-state index contributed by atoms with van der Waals surface area (Å²) in [6.45, 7) is 8.83. The van der Waals surface area contributed by atoms with Gasteiger partial charge in [0.1, 0.15) is 5.82 Å². The predicted molar refractivity (Wildman–Crippen MR) is 164 cm³/mol. The fourth-order valence-corrected chi connectivity index (χ4v) is 5.39. The van der Waals surface area contributed by atoms with Gasteiger partial charge in [0.25, 0.3) is 5.09 Å². The van der Waals surface area contributed by atoms with Crippen molar-refractivity contribution in [2.75, 3.05) is 44.2 Å². The molecule has 1 aromatic rings. The largest absolute Gasteiger partial charge is 0.756 e. The Labute approximate surface area is 247 Å². The molecule has 1 saturated heterocycles. The van der Waals surface area contributed by atoms with E-state index in [0.29, 0.717) is 16.7 Å². The highest BCUT2D eigenvalue weighted by molar-refractivity contribution is 5.94. The van der Waals surface area contributed by atoms with Crippen molar-refractivity contribution >= 4 is 11.7 Å². The molecule has 0 N–H and O–H groups in total. The molecule has 1 aliphatic heterocycles. The summed E-state index contributed by atoms with van der Waals surface area (Å²) in [5.41, 5.74) is 0.363. The molecule has 1 aliphatic rings. The van der Waals surface area contributed by atoms with E-state index in [0.717, 1.165) is 76.9 Å². The highest BCUT2D eigenvalue weighted by Gasteiger charge is 2.21. The molecule has 0 radical (unpaired) electrons. The van der Waals surface area contributed by atoms with Crippen LogP contribution < -0.4 is 4.90 Å². The van der Waals surface area contributed by atoms with Gasteiger partial charge in [-0.1, -0.05) is 90.4 Å². The van der Waals surface area contributed by atoms with Gasteiger partial charge in [0.2, 0.25) is 5.91 Å². The van der Waals surface area contributed by atoms with Crippen molar-refractivity contribution in [3.8, 4) is 0 Å². The average molecular weight is 577 g/mol. The molecule has 1 unspecified atom stereocenters. The molecule has 0 bridgehead atoms. The summed E-state index contributed by atoms with van der Waals surface area (Å²) >= 11 is 0. The monoisotopic (exact) mass is 576 g/mol. The van der Waals surface area contributed by atoms with E-state index in [2.05, 4.69) is 33.5 Å². The lowest BCUT2D eigenvalue weighted by atomic mass is 10.0. The summed E-state index contributed by atoms with van der Waals surface area (Å²) < 4.78 is 0. The van der Waals surface area contributed by atoms with E-state index in [9.17, 15) is 20.1 Å². The molecule has 1 aromatic heterocycles. The zero-order valence-corrected chi connectivity index (χ0v) is 25.6. The molecular formula is C31H54N5O5-. The molecule has 234 valence electrons. The van der Waals surface area contributed by atoms with Crippen LogP contribution in [0.4, 0.5) is 5.82 Å². The second-order valence-electron chi connectivity index (χ2n) is 11.5. The number of anilines is 1. The maximum Gasteiger partial charge on any atom is 0.294 e. The van der Waals surface area contributed by atoms with E-state index in [1.165, 1.54) is 57.8 Å². The van der Waals surface area contributed by atoms with Gasteiger partial charge in [-0.05, 0) is 38.3 Å². The molecule has 1 fully saturated rings. The predicted octanol–water partition coefficient (Wildman–Crippen LogP) is 7.00. The number of rotatable bonds is 23. The van der Waals surface area contributed by atoms with E-state index in [-0.39, 0.29) is 13.2 Å². The van der Waals surface area contributed by atoms with Gasteiger partial charge in [0.15, 0.2) is 0 Å². The van der Waals surface area contributed by atoms with Gasteiger partial charge in [0, 0.05) is 45.0 Å². The minimum atomic E-state index is -0.721. The minimum absolute atomic E-state index is 0.216. The summed E-state index contributed by atoms with van der Waals surface area (Å²) in [6.07, 6.45) is 19.7. The fraction of sp³-hybridized carbons (Fsp3) is 0.806. The summed E-state index contributed by atoms with van der Waals surface area (Å²) in [6, 6.07) is 4.20.